The SMILES string of the molecule is CCSc1nc(=O)n(CC#N)c(=O)n1Cc1ccc(OC(F)(F)F)cc1. The molecule has 0 aliphatic rings. The van der Waals surface area contributed by atoms with Gasteiger partial charge < -0.3 is 4.74 Å². The van der Waals surface area contributed by atoms with Gasteiger partial charge in [-0.25, -0.2) is 14.2 Å². The third-order valence-electron chi connectivity index (χ3n) is 3.11. The van der Waals surface area contributed by atoms with E-state index in [0.29, 0.717) is 15.9 Å². The number of rotatable bonds is 6. The van der Waals surface area contributed by atoms with E-state index in [-0.39, 0.29) is 17.5 Å². The minimum Gasteiger partial charge on any atom is -0.406 e. The lowest BCUT2D eigenvalue weighted by molar-refractivity contribution is -0.274. The van der Waals surface area contributed by atoms with Crippen LogP contribution in [0, 0.1) is 11.3 Å². The summed E-state index contributed by atoms with van der Waals surface area (Å²) in [5.41, 5.74) is -1.03. The number of benzene rings is 1. The molecule has 0 saturated heterocycles. The Bertz CT molecular complexity index is 930. The van der Waals surface area contributed by atoms with Crippen molar-refractivity contribution in [2.45, 2.75) is 31.5 Å². The molecule has 0 bridgehead atoms. The van der Waals surface area contributed by atoms with E-state index in [1.807, 2.05) is 6.92 Å². The zero-order valence-electron chi connectivity index (χ0n) is 13.5. The highest BCUT2D eigenvalue weighted by molar-refractivity contribution is 7.99. The molecular formula is C15H13F3N4O3S. The third kappa shape index (κ3) is 4.89. The summed E-state index contributed by atoms with van der Waals surface area (Å²) >= 11 is 1.17. The summed E-state index contributed by atoms with van der Waals surface area (Å²) in [6, 6.07) is 6.70. The molecule has 1 heterocycles. The van der Waals surface area contributed by atoms with Gasteiger partial charge in [0.1, 0.15) is 12.3 Å². The zero-order chi connectivity index (χ0) is 19.3. The normalized spacial score (nSPS) is 11.2. The Balaban J connectivity index is 2.39. The van der Waals surface area contributed by atoms with E-state index < -0.39 is 24.3 Å². The second-order valence-corrected chi connectivity index (χ2v) is 6.15. The van der Waals surface area contributed by atoms with Gasteiger partial charge >= 0.3 is 17.7 Å². The van der Waals surface area contributed by atoms with Crippen LogP contribution in [-0.2, 0) is 13.1 Å². The molecule has 2 aromatic rings. The van der Waals surface area contributed by atoms with Crippen molar-refractivity contribution in [3.05, 3.63) is 50.8 Å². The van der Waals surface area contributed by atoms with Crippen LogP contribution in [0.15, 0.2) is 39.0 Å². The summed E-state index contributed by atoms with van der Waals surface area (Å²) in [7, 11) is 0. The summed E-state index contributed by atoms with van der Waals surface area (Å²) < 4.78 is 42.3. The number of hydrogen-bond donors (Lipinski definition) is 0. The van der Waals surface area contributed by atoms with E-state index in [9.17, 15) is 22.8 Å². The highest BCUT2D eigenvalue weighted by atomic mass is 32.2. The van der Waals surface area contributed by atoms with E-state index >= 15 is 0 Å². The molecule has 0 aliphatic carbocycles. The molecule has 2 rings (SSSR count). The summed E-state index contributed by atoms with van der Waals surface area (Å²) in [4.78, 5) is 28.2. The number of alkyl halides is 3. The van der Waals surface area contributed by atoms with Crippen LogP contribution in [0.2, 0.25) is 0 Å². The van der Waals surface area contributed by atoms with Gasteiger partial charge in [-0.3, -0.25) is 4.57 Å². The molecule has 11 heteroatoms. The smallest absolute Gasteiger partial charge is 0.406 e. The molecule has 0 aliphatic heterocycles. The van der Waals surface area contributed by atoms with E-state index in [4.69, 9.17) is 5.26 Å². The van der Waals surface area contributed by atoms with Crippen molar-refractivity contribution in [1.82, 2.24) is 14.1 Å². The summed E-state index contributed by atoms with van der Waals surface area (Å²) in [6.07, 6.45) is -4.79. The van der Waals surface area contributed by atoms with Crippen molar-refractivity contribution >= 4 is 11.8 Å². The van der Waals surface area contributed by atoms with Crippen LogP contribution in [0.1, 0.15) is 12.5 Å². The van der Waals surface area contributed by atoms with E-state index in [0.717, 1.165) is 12.1 Å². The van der Waals surface area contributed by atoms with E-state index in [1.54, 1.807) is 6.07 Å². The molecule has 1 aromatic heterocycles. The van der Waals surface area contributed by atoms with Gasteiger partial charge in [0, 0.05) is 0 Å². The first-order chi connectivity index (χ1) is 12.2. The first-order valence-electron chi connectivity index (χ1n) is 7.31. The second-order valence-electron chi connectivity index (χ2n) is 4.91. The Morgan fingerprint density at radius 2 is 1.88 bits per heavy atom. The number of thioether (sulfide) groups is 1. The minimum atomic E-state index is -4.79. The molecule has 138 valence electrons. The fourth-order valence-corrected chi connectivity index (χ4v) is 2.77. The molecule has 0 fully saturated rings. The maximum atomic E-state index is 12.5. The maximum Gasteiger partial charge on any atom is 0.573 e. The van der Waals surface area contributed by atoms with Crippen LogP contribution in [-0.4, -0.2) is 26.2 Å². The number of hydrogen-bond acceptors (Lipinski definition) is 6. The van der Waals surface area contributed by atoms with Gasteiger partial charge in [0.2, 0.25) is 0 Å². The van der Waals surface area contributed by atoms with E-state index in [1.165, 1.54) is 28.5 Å². The van der Waals surface area contributed by atoms with Gasteiger partial charge in [0.25, 0.3) is 0 Å². The van der Waals surface area contributed by atoms with Crippen molar-refractivity contribution in [2.24, 2.45) is 0 Å². The van der Waals surface area contributed by atoms with Gasteiger partial charge in [0.15, 0.2) is 5.16 Å². The molecule has 0 saturated carbocycles. The Morgan fingerprint density at radius 3 is 2.42 bits per heavy atom. The summed E-state index contributed by atoms with van der Waals surface area (Å²) in [5, 5.41) is 8.92. The quantitative estimate of drug-likeness (QED) is 0.706. The molecule has 0 radical (unpaired) electrons. The molecule has 1 aromatic carbocycles. The summed E-state index contributed by atoms with van der Waals surface area (Å²) in [5.74, 6) is 0.163. The first-order valence-corrected chi connectivity index (χ1v) is 8.30. The highest BCUT2D eigenvalue weighted by Gasteiger charge is 2.30. The van der Waals surface area contributed by atoms with Gasteiger partial charge in [0.05, 0.1) is 12.6 Å². The fraction of sp³-hybridized carbons (Fsp3) is 0.333. The topological polar surface area (TPSA) is 89.9 Å². The lowest BCUT2D eigenvalue weighted by atomic mass is 10.2. The largest absolute Gasteiger partial charge is 0.573 e. The van der Waals surface area contributed by atoms with Crippen molar-refractivity contribution in [3.63, 3.8) is 0 Å². The number of nitriles is 1. The van der Waals surface area contributed by atoms with Crippen molar-refractivity contribution in [1.29, 1.82) is 5.26 Å². The predicted molar refractivity (Wildman–Crippen MR) is 87.0 cm³/mol. The Morgan fingerprint density at radius 1 is 1.23 bits per heavy atom. The maximum absolute atomic E-state index is 12.5. The van der Waals surface area contributed by atoms with Crippen molar-refractivity contribution < 1.29 is 17.9 Å². The van der Waals surface area contributed by atoms with Crippen LogP contribution < -0.4 is 16.1 Å². The molecule has 0 spiro atoms. The Kier molecular flexibility index (Phi) is 6.10. The lowest BCUT2D eigenvalue weighted by Gasteiger charge is -2.13. The molecule has 0 amide bonds. The molecule has 0 unspecified atom stereocenters. The standard InChI is InChI=1S/C15H13F3N4O3S/c1-2-26-13-20-12(23)21(8-7-19)14(24)22(13)9-10-3-5-11(6-4-10)25-15(16,17)18/h3-6H,2,8-9H2,1H3. The Hall–Kier alpha value is -2.74. The fourth-order valence-electron chi connectivity index (χ4n) is 2.07. The number of ether oxygens (including phenoxy) is 1. The third-order valence-corrected chi connectivity index (χ3v) is 3.97. The predicted octanol–water partition coefficient (Wildman–Crippen LogP) is 1.99. The molecule has 26 heavy (non-hydrogen) atoms. The monoisotopic (exact) mass is 386 g/mol. The van der Waals surface area contributed by atoms with Gasteiger partial charge in [-0.05, 0) is 23.4 Å². The number of nitrogens with zero attached hydrogens (tertiary/aromatic N) is 4. The zero-order valence-corrected chi connectivity index (χ0v) is 14.3. The molecule has 0 atom stereocenters. The van der Waals surface area contributed by atoms with Crippen molar-refractivity contribution in [3.8, 4) is 11.8 Å². The average molecular weight is 386 g/mol. The average Bonchev–Trinajstić information content (AvgIpc) is 2.55. The second kappa shape index (κ2) is 8.09. The number of halogens is 3. The minimum absolute atomic E-state index is 0.0217. The number of aromatic nitrogens is 3. The molecule has 0 N–H and O–H groups in total. The van der Waals surface area contributed by atoms with Crippen molar-refractivity contribution in [2.75, 3.05) is 5.75 Å². The Labute approximate surface area is 149 Å². The van der Waals surface area contributed by atoms with Gasteiger partial charge in [-0.1, -0.05) is 30.8 Å². The molecule has 7 nitrogen and oxygen atoms in total. The molecular weight excluding hydrogens is 373 g/mol. The first kappa shape index (κ1) is 19.6. The van der Waals surface area contributed by atoms with Gasteiger partial charge in [-0.2, -0.15) is 10.2 Å². The van der Waals surface area contributed by atoms with Crippen LogP contribution in [0.25, 0.3) is 0 Å². The summed E-state index contributed by atoms with van der Waals surface area (Å²) in [6.45, 7) is 1.34. The van der Waals surface area contributed by atoms with Crippen LogP contribution in [0.4, 0.5) is 13.2 Å². The van der Waals surface area contributed by atoms with Crippen LogP contribution >= 0.6 is 11.8 Å². The van der Waals surface area contributed by atoms with Crippen LogP contribution in [0.3, 0.4) is 0 Å². The highest BCUT2D eigenvalue weighted by Crippen LogP contribution is 2.23. The lowest BCUT2D eigenvalue weighted by Crippen LogP contribution is -2.42. The van der Waals surface area contributed by atoms with E-state index in [2.05, 4.69) is 9.72 Å². The van der Waals surface area contributed by atoms with Gasteiger partial charge in [-0.15, -0.1) is 13.2 Å². The van der Waals surface area contributed by atoms with Crippen LogP contribution in [0.5, 0.6) is 5.75 Å².